The van der Waals surface area contributed by atoms with Crippen molar-refractivity contribution in [3.05, 3.63) is 0 Å². The van der Waals surface area contributed by atoms with Gasteiger partial charge in [-0.15, -0.1) is 0 Å². The smallest absolute Gasteiger partial charge is 0.230 e. The maximum Gasteiger partial charge on any atom is 0.230 e. The topological polar surface area (TPSA) is 70.4 Å². The van der Waals surface area contributed by atoms with Crippen molar-refractivity contribution in [2.24, 2.45) is 0 Å². The van der Waals surface area contributed by atoms with Crippen molar-refractivity contribution < 1.29 is 13.2 Å². The Balaban J connectivity index is 2.23. The van der Waals surface area contributed by atoms with Crippen molar-refractivity contribution in [3.8, 4) is 6.07 Å². The minimum atomic E-state index is -3.47. The largest absolute Gasteiger partial charge is 0.375 e. The van der Waals surface area contributed by atoms with Gasteiger partial charge >= 0.3 is 0 Å². The molecule has 1 saturated carbocycles. The van der Waals surface area contributed by atoms with Crippen LogP contribution in [0, 0.1) is 11.3 Å². The van der Waals surface area contributed by atoms with E-state index in [9.17, 15) is 8.42 Å². The van der Waals surface area contributed by atoms with E-state index in [1.54, 1.807) is 0 Å². The van der Waals surface area contributed by atoms with Gasteiger partial charge in [-0.2, -0.15) is 9.57 Å². The number of morpholine rings is 1. The SMILES string of the molecule is CC(C#N)S(=O)(=O)N1CCOC2CCCC21. The molecule has 6 heteroatoms. The van der Waals surface area contributed by atoms with Crippen LogP contribution < -0.4 is 0 Å². The van der Waals surface area contributed by atoms with Gasteiger partial charge in [0.2, 0.25) is 10.0 Å². The van der Waals surface area contributed by atoms with Crippen LogP contribution in [0.15, 0.2) is 0 Å². The van der Waals surface area contributed by atoms with E-state index < -0.39 is 15.3 Å². The summed E-state index contributed by atoms with van der Waals surface area (Å²) in [6.07, 6.45) is 2.82. The molecule has 1 aliphatic carbocycles. The molecule has 3 unspecified atom stereocenters. The summed E-state index contributed by atoms with van der Waals surface area (Å²) in [6.45, 7) is 2.27. The number of nitriles is 1. The van der Waals surface area contributed by atoms with Gasteiger partial charge in [-0.05, 0) is 26.2 Å². The van der Waals surface area contributed by atoms with Crippen LogP contribution >= 0.6 is 0 Å². The summed E-state index contributed by atoms with van der Waals surface area (Å²) < 4.78 is 31.3. The van der Waals surface area contributed by atoms with E-state index in [1.807, 2.05) is 6.07 Å². The number of hydrogen-bond donors (Lipinski definition) is 0. The number of sulfonamides is 1. The van der Waals surface area contributed by atoms with E-state index >= 15 is 0 Å². The van der Waals surface area contributed by atoms with Gasteiger partial charge in [-0.3, -0.25) is 0 Å². The molecule has 1 saturated heterocycles. The molecule has 2 rings (SSSR count). The molecule has 0 aromatic heterocycles. The van der Waals surface area contributed by atoms with E-state index in [1.165, 1.54) is 11.2 Å². The molecule has 2 fully saturated rings. The first kappa shape index (κ1) is 11.8. The molecular weight excluding hydrogens is 228 g/mol. The van der Waals surface area contributed by atoms with Crippen molar-refractivity contribution in [3.63, 3.8) is 0 Å². The first-order valence-corrected chi connectivity index (χ1v) is 7.09. The highest BCUT2D eigenvalue weighted by Crippen LogP contribution is 2.32. The lowest BCUT2D eigenvalue weighted by molar-refractivity contribution is -0.0242. The molecule has 0 aromatic rings. The van der Waals surface area contributed by atoms with Gasteiger partial charge in [0, 0.05) is 6.54 Å². The third-order valence-electron chi connectivity index (χ3n) is 3.39. The van der Waals surface area contributed by atoms with Crippen molar-refractivity contribution in [2.45, 2.75) is 43.6 Å². The van der Waals surface area contributed by atoms with Gasteiger partial charge in [0.15, 0.2) is 5.25 Å². The highest BCUT2D eigenvalue weighted by molar-refractivity contribution is 7.90. The van der Waals surface area contributed by atoms with Gasteiger partial charge in [-0.1, -0.05) is 0 Å². The van der Waals surface area contributed by atoms with Crippen molar-refractivity contribution in [1.82, 2.24) is 4.31 Å². The molecule has 0 bridgehead atoms. The average molecular weight is 244 g/mol. The predicted octanol–water partition coefficient (Wildman–Crippen LogP) is 0.482. The standard InChI is InChI=1S/C10H16N2O3S/c1-8(7-11)16(13,14)12-5-6-15-10-4-2-3-9(10)12/h8-10H,2-6H2,1H3. The summed E-state index contributed by atoms with van der Waals surface area (Å²) in [5.74, 6) is 0. The van der Waals surface area contributed by atoms with Crippen LogP contribution in [0.3, 0.4) is 0 Å². The Bertz CT molecular complexity index is 401. The first-order chi connectivity index (χ1) is 7.57. The molecule has 0 radical (unpaired) electrons. The first-order valence-electron chi connectivity index (χ1n) is 5.59. The summed E-state index contributed by atoms with van der Waals surface area (Å²) in [4.78, 5) is 0. The van der Waals surface area contributed by atoms with Crippen LogP contribution in [-0.2, 0) is 14.8 Å². The van der Waals surface area contributed by atoms with Crippen LogP contribution in [-0.4, -0.2) is 43.3 Å². The van der Waals surface area contributed by atoms with E-state index in [2.05, 4.69) is 0 Å². The monoisotopic (exact) mass is 244 g/mol. The Labute approximate surface area is 96.0 Å². The number of ether oxygens (including phenoxy) is 1. The van der Waals surface area contributed by atoms with E-state index in [-0.39, 0.29) is 12.1 Å². The molecule has 0 aromatic carbocycles. The third-order valence-corrected chi connectivity index (χ3v) is 5.49. The highest BCUT2D eigenvalue weighted by Gasteiger charge is 2.43. The fourth-order valence-electron chi connectivity index (χ4n) is 2.48. The molecular formula is C10H16N2O3S. The molecule has 0 amide bonds. The number of nitrogens with zero attached hydrogens (tertiary/aromatic N) is 2. The maximum absolute atomic E-state index is 12.1. The second kappa shape index (κ2) is 4.32. The van der Waals surface area contributed by atoms with Gasteiger partial charge in [0.05, 0.1) is 24.8 Å². The molecule has 90 valence electrons. The van der Waals surface area contributed by atoms with Crippen LogP contribution in [0.25, 0.3) is 0 Å². The predicted molar refractivity (Wildman–Crippen MR) is 58.1 cm³/mol. The summed E-state index contributed by atoms with van der Waals surface area (Å²) >= 11 is 0. The molecule has 0 N–H and O–H groups in total. The Morgan fingerprint density at radius 1 is 1.50 bits per heavy atom. The van der Waals surface area contributed by atoms with Gasteiger partial charge in [-0.25, -0.2) is 8.42 Å². The lowest BCUT2D eigenvalue weighted by Gasteiger charge is -2.37. The highest BCUT2D eigenvalue weighted by atomic mass is 32.2. The van der Waals surface area contributed by atoms with Crippen molar-refractivity contribution >= 4 is 10.0 Å². The van der Waals surface area contributed by atoms with Gasteiger partial charge < -0.3 is 4.74 Å². The van der Waals surface area contributed by atoms with Crippen LogP contribution in [0.1, 0.15) is 26.2 Å². The normalized spacial score (nSPS) is 33.0. The molecule has 2 aliphatic rings. The second-order valence-electron chi connectivity index (χ2n) is 4.33. The molecule has 1 heterocycles. The zero-order valence-corrected chi connectivity index (χ0v) is 10.1. The quantitative estimate of drug-likeness (QED) is 0.708. The summed E-state index contributed by atoms with van der Waals surface area (Å²) in [6, 6.07) is 1.77. The molecule has 16 heavy (non-hydrogen) atoms. The molecule has 3 atom stereocenters. The summed E-state index contributed by atoms with van der Waals surface area (Å²) in [5.41, 5.74) is 0. The molecule has 5 nitrogen and oxygen atoms in total. The maximum atomic E-state index is 12.1. The number of fused-ring (bicyclic) bond motifs is 1. The zero-order chi connectivity index (χ0) is 11.8. The van der Waals surface area contributed by atoms with Gasteiger partial charge in [0.25, 0.3) is 0 Å². The summed E-state index contributed by atoms with van der Waals surface area (Å²) in [7, 11) is -3.47. The minimum absolute atomic E-state index is 0.0365. The zero-order valence-electron chi connectivity index (χ0n) is 9.30. The molecule has 1 aliphatic heterocycles. The average Bonchev–Trinajstić information content (AvgIpc) is 2.75. The summed E-state index contributed by atoms with van der Waals surface area (Å²) in [5, 5.41) is 7.79. The lowest BCUT2D eigenvalue weighted by Crippen LogP contribution is -2.53. The molecule has 0 spiro atoms. The van der Waals surface area contributed by atoms with E-state index in [0.29, 0.717) is 13.2 Å². The van der Waals surface area contributed by atoms with Crippen molar-refractivity contribution in [2.75, 3.05) is 13.2 Å². The van der Waals surface area contributed by atoms with Crippen LogP contribution in [0.2, 0.25) is 0 Å². The van der Waals surface area contributed by atoms with Crippen LogP contribution in [0.4, 0.5) is 0 Å². The van der Waals surface area contributed by atoms with E-state index in [4.69, 9.17) is 10.00 Å². The Hall–Kier alpha value is -0.640. The lowest BCUT2D eigenvalue weighted by atomic mass is 10.2. The Morgan fingerprint density at radius 3 is 2.94 bits per heavy atom. The fraction of sp³-hybridized carbons (Fsp3) is 0.900. The number of rotatable bonds is 2. The van der Waals surface area contributed by atoms with Crippen molar-refractivity contribution in [1.29, 1.82) is 5.26 Å². The second-order valence-corrected chi connectivity index (χ2v) is 6.54. The number of hydrogen-bond acceptors (Lipinski definition) is 4. The van der Waals surface area contributed by atoms with E-state index in [0.717, 1.165) is 19.3 Å². The van der Waals surface area contributed by atoms with Gasteiger partial charge in [0.1, 0.15) is 0 Å². The van der Waals surface area contributed by atoms with Crippen LogP contribution in [0.5, 0.6) is 0 Å². The third kappa shape index (κ3) is 1.83. The minimum Gasteiger partial charge on any atom is -0.375 e. The Kier molecular flexibility index (Phi) is 3.19. The fourth-order valence-corrected chi connectivity index (χ4v) is 3.96. The Morgan fingerprint density at radius 2 is 2.25 bits per heavy atom.